The van der Waals surface area contributed by atoms with Crippen molar-refractivity contribution in [2.45, 2.75) is 19.4 Å². The molecule has 1 heterocycles. The summed E-state index contributed by atoms with van der Waals surface area (Å²) in [4.78, 5) is 8.58. The first-order valence-corrected chi connectivity index (χ1v) is 7.79. The Morgan fingerprint density at radius 2 is 1.88 bits per heavy atom. The van der Waals surface area contributed by atoms with E-state index in [4.69, 9.17) is 19.5 Å². The molecule has 1 aliphatic rings. The molecule has 6 heteroatoms. The van der Waals surface area contributed by atoms with Crippen molar-refractivity contribution in [3.8, 4) is 17.2 Å². The second-order valence-electron chi connectivity index (χ2n) is 5.87. The molecule has 6 nitrogen and oxygen atoms in total. The normalized spacial score (nSPS) is 14.1. The van der Waals surface area contributed by atoms with E-state index in [2.05, 4.69) is 11.2 Å². The number of fused-ring (bicyclic) bond motifs is 1. The summed E-state index contributed by atoms with van der Waals surface area (Å²) in [5.74, 6) is 2.36. The zero-order chi connectivity index (χ0) is 18.3. The molecule has 2 aromatic carbocycles. The zero-order valence-corrected chi connectivity index (χ0v) is 14.2. The van der Waals surface area contributed by atoms with E-state index in [0.717, 1.165) is 28.4 Å². The second kappa shape index (κ2) is 8.32. The molecule has 3 rings (SSSR count). The van der Waals surface area contributed by atoms with Crippen LogP contribution in [0.4, 0.5) is 0 Å². The van der Waals surface area contributed by atoms with Gasteiger partial charge in [0.15, 0.2) is 0 Å². The number of nitrogens with two attached hydrogens (primary N) is 1. The molecule has 2 aromatic rings. The maximum absolute atomic E-state index is 8.98. The summed E-state index contributed by atoms with van der Waals surface area (Å²) in [5.41, 5.74) is 7.83. The lowest BCUT2D eigenvalue weighted by atomic mass is 9.92. The van der Waals surface area contributed by atoms with Crippen molar-refractivity contribution in [2.75, 3.05) is 6.54 Å². The lowest BCUT2D eigenvalue weighted by molar-refractivity contribution is -0.106. The van der Waals surface area contributed by atoms with Crippen molar-refractivity contribution in [1.29, 1.82) is 0 Å². The molecule has 0 spiro atoms. The quantitative estimate of drug-likeness (QED) is 0.586. The van der Waals surface area contributed by atoms with Crippen molar-refractivity contribution in [3.63, 3.8) is 0 Å². The minimum absolute atomic E-state index is 0.250. The number of nitrogens with one attached hydrogen (secondary N) is 1. The third-order valence-corrected chi connectivity index (χ3v) is 3.70. The van der Waals surface area contributed by atoms with Crippen LogP contribution in [0.3, 0.4) is 0 Å². The summed E-state index contributed by atoms with van der Waals surface area (Å²) in [7, 11) is 0. The Morgan fingerprint density at radius 1 is 1.20 bits per heavy atom. The number of ether oxygens (including phenoxy) is 2. The predicted molar refractivity (Wildman–Crippen MR) is 95.7 cm³/mol. The summed E-state index contributed by atoms with van der Waals surface area (Å²) in [6, 6.07) is 15.4. The highest BCUT2D eigenvalue weighted by atomic mass is 16.5. The maximum atomic E-state index is 8.98. The van der Waals surface area contributed by atoms with Gasteiger partial charge in [0.1, 0.15) is 22.8 Å². The van der Waals surface area contributed by atoms with E-state index in [1.807, 2.05) is 68.5 Å². The van der Waals surface area contributed by atoms with Gasteiger partial charge in [-0.1, -0.05) is 18.2 Å². The number of primary amides is 1. The topological polar surface area (TPSA) is 93.8 Å². The van der Waals surface area contributed by atoms with Gasteiger partial charge in [-0.25, -0.2) is 5.48 Å². The second-order valence-corrected chi connectivity index (χ2v) is 5.87. The number of carbonyl (C=O) groups is 1. The van der Waals surface area contributed by atoms with Crippen molar-refractivity contribution in [3.05, 3.63) is 59.7 Å². The lowest BCUT2D eigenvalue weighted by Crippen LogP contribution is -2.37. The van der Waals surface area contributed by atoms with Crippen LogP contribution in [0.15, 0.2) is 54.1 Å². The molecule has 0 aliphatic carbocycles. The third kappa shape index (κ3) is 4.82. The molecule has 132 valence electrons. The monoisotopic (exact) mass is 342 g/mol. The Hall–Kier alpha value is -2.83. The van der Waals surface area contributed by atoms with E-state index in [0.29, 0.717) is 6.54 Å². The van der Waals surface area contributed by atoms with Crippen LogP contribution in [0.25, 0.3) is 6.08 Å². The van der Waals surface area contributed by atoms with Gasteiger partial charge in [0.25, 0.3) is 0 Å². The predicted octanol–water partition coefficient (Wildman–Crippen LogP) is 3.11. The molecule has 0 saturated heterocycles. The van der Waals surface area contributed by atoms with Crippen molar-refractivity contribution < 1.29 is 19.5 Å². The van der Waals surface area contributed by atoms with E-state index in [1.165, 1.54) is 0 Å². The van der Waals surface area contributed by atoms with Crippen LogP contribution in [0.2, 0.25) is 0 Å². The number of hydroxylamine groups is 1. The average molecular weight is 342 g/mol. The fraction of sp³-hybridized carbons (Fsp3) is 0.211. The summed E-state index contributed by atoms with van der Waals surface area (Å²) >= 11 is 0. The number of rotatable bonds is 4. The first-order valence-electron chi connectivity index (χ1n) is 7.79. The van der Waals surface area contributed by atoms with Gasteiger partial charge in [-0.15, -0.1) is 0 Å². The van der Waals surface area contributed by atoms with Gasteiger partial charge in [0, 0.05) is 12.1 Å². The van der Waals surface area contributed by atoms with Crippen LogP contribution in [0.1, 0.15) is 19.4 Å². The first kappa shape index (κ1) is 18.5. The summed E-state index contributed by atoms with van der Waals surface area (Å²) in [5, 5.41) is 8.98. The molecule has 0 aromatic heterocycles. The molecule has 25 heavy (non-hydrogen) atoms. The average Bonchev–Trinajstić information content (AvgIpc) is 2.57. The number of hydrogen-bond acceptors (Lipinski definition) is 5. The lowest BCUT2D eigenvalue weighted by Gasteiger charge is -2.34. The van der Waals surface area contributed by atoms with Gasteiger partial charge in [-0.2, -0.15) is 0 Å². The molecule has 0 unspecified atom stereocenters. The highest BCUT2D eigenvalue weighted by Gasteiger charge is 2.30. The molecule has 0 atom stereocenters. The molecular formula is C19H22N2O4. The van der Waals surface area contributed by atoms with Crippen LogP contribution < -0.4 is 20.7 Å². The number of hydrogen-bond donors (Lipinski definition) is 3. The summed E-state index contributed by atoms with van der Waals surface area (Å²) in [6.45, 7) is 4.32. The maximum Gasteiger partial charge on any atom is 0.204 e. The standard InChI is InChI=1S/C18H19NO3.CH3NO/c1-18(2)14(12-19-20)10-13-11-16(8-9-17(13)22-18)21-15-6-4-3-5-7-15;2-1-3/h3-11,19-20H,12H2,1-2H3;1H,(H2,2,3). The van der Waals surface area contributed by atoms with Gasteiger partial charge < -0.3 is 20.4 Å². The minimum Gasteiger partial charge on any atom is -0.483 e. The Bertz CT molecular complexity index is 742. The van der Waals surface area contributed by atoms with Crippen LogP contribution in [0, 0.1) is 0 Å². The highest BCUT2D eigenvalue weighted by Crippen LogP contribution is 2.37. The van der Waals surface area contributed by atoms with E-state index < -0.39 is 5.60 Å². The van der Waals surface area contributed by atoms with Crippen LogP contribution in [-0.4, -0.2) is 23.8 Å². The van der Waals surface area contributed by atoms with Crippen LogP contribution in [0.5, 0.6) is 17.2 Å². The van der Waals surface area contributed by atoms with Gasteiger partial charge in [0.05, 0.1) is 0 Å². The zero-order valence-electron chi connectivity index (χ0n) is 14.2. The molecule has 0 bridgehead atoms. The molecular weight excluding hydrogens is 320 g/mol. The largest absolute Gasteiger partial charge is 0.483 e. The number of amides is 1. The van der Waals surface area contributed by atoms with E-state index >= 15 is 0 Å². The van der Waals surface area contributed by atoms with E-state index in [-0.39, 0.29) is 6.41 Å². The number of benzene rings is 2. The fourth-order valence-corrected chi connectivity index (χ4v) is 2.47. The smallest absolute Gasteiger partial charge is 0.204 e. The van der Waals surface area contributed by atoms with Crippen molar-refractivity contribution in [1.82, 2.24) is 5.48 Å². The molecule has 0 radical (unpaired) electrons. The van der Waals surface area contributed by atoms with Gasteiger partial charge >= 0.3 is 0 Å². The SMILES string of the molecule is CC1(C)Oc2ccc(Oc3ccccc3)cc2C=C1CNO.NC=O. The summed E-state index contributed by atoms with van der Waals surface area (Å²) in [6.07, 6.45) is 2.28. The minimum atomic E-state index is -0.454. The third-order valence-electron chi connectivity index (χ3n) is 3.70. The van der Waals surface area contributed by atoms with E-state index in [9.17, 15) is 0 Å². The molecule has 4 N–H and O–H groups in total. The van der Waals surface area contributed by atoms with Crippen LogP contribution >= 0.6 is 0 Å². The van der Waals surface area contributed by atoms with Crippen molar-refractivity contribution in [2.24, 2.45) is 5.73 Å². The number of para-hydroxylation sites is 1. The Balaban J connectivity index is 0.000000701. The molecule has 1 aliphatic heterocycles. The van der Waals surface area contributed by atoms with E-state index in [1.54, 1.807) is 0 Å². The van der Waals surface area contributed by atoms with Crippen LogP contribution in [-0.2, 0) is 4.79 Å². The van der Waals surface area contributed by atoms with Gasteiger partial charge in [-0.3, -0.25) is 4.79 Å². The number of carbonyl (C=O) groups excluding carboxylic acids is 1. The first-order chi connectivity index (χ1) is 12.0. The Morgan fingerprint density at radius 3 is 2.52 bits per heavy atom. The molecule has 0 fully saturated rings. The summed E-state index contributed by atoms with van der Waals surface area (Å²) < 4.78 is 11.9. The highest BCUT2D eigenvalue weighted by molar-refractivity contribution is 5.66. The molecule has 0 saturated carbocycles. The Labute approximate surface area is 146 Å². The van der Waals surface area contributed by atoms with Crippen molar-refractivity contribution >= 4 is 12.5 Å². The van der Waals surface area contributed by atoms with Gasteiger partial charge in [-0.05, 0) is 55.8 Å². The Kier molecular flexibility index (Phi) is 6.16. The van der Waals surface area contributed by atoms with Gasteiger partial charge in [0.2, 0.25) is 6.41 Å². The fourth-order valence-electron chi connectivity index (χ4n) is 2.47. The molecule has 1 amide bonds.